The highest BCUT2D eigenvalue weighted by Gasteiger charge is 2.62. The minimum atomic E-state index is -0.760. The molecule has 0 bridgehead atoms. The number of phenolic OH excluding ortho intramolecular Hbond substituents is 4. The number of aliphatic hydroxyl groups excluding tert-OH is 5. The molecule has 0 aliphatic heterocycles. The van der Waals surface area contributed by atoms with E-state index >= 15 is 0 Å². The van der Waals surface area contributed by atoms with Crippen molar-refractivity contribution < 1.29 is 60.3 Å². The van der Waals surface area contributed by atoms with Crippen molar-refractivity contribution in [2.45, 2.75) is 210 Å². The number of fused-ring (bicyclic) bond motifs is 20. The van der Waals surface area contributed by atoms with Crippen LogP contribution >= 0.6 is 0 Å². The van der Waals surface area contributed by atoms with Gasteiger partial charge in [-0.2, -0.15) is 0 Å². The van der Waals surface area contributed by atoms with Crippen LogP contribution in [0.2, 0.25) is 0 Å². The molecule has 0 radical (unpaired) electrons. The molecule has 450 valence electrons. The summed E-state index contributed by atoms with van der Waals surface area (Å²) < 4.78 is 0. The molecule has 8 fully saturated rings. The Kier molecular flexibility index (Phi) is 14.7. The molecule has 12 nitrogen and oxygen atoms in total. The van der Waals surface area contributed by atoms with Crippen LogP contribution in [0.4, 0.5) is 0 Å². The predicted molar refractivity (Wildman–Crippen MR) is 317 cm³/mol. The number of benzene rings is 4. The summed E-state index contributed by atoms with van der Waals surface area (Å²) in [4.78, 5) is 36.7. The highest BCUT2D eigenvalue weighted by molar-refractivity contribution is 5.92. The first kappa shape index (κ1) is 57.9. The Balaban J connectivity index is 0.000000104. The molecule has 84 heavy (non-hydrogen) atoms. The van der Waals surface area contributed by atoms with Crippen molar-refractivity contribution in [3.8, 4) is 23.0 Å². The van der Waals surface area contributed by atoms with Gasteiger partial charge in [-0.1, -0.05) is 52.0 Å². The molecule has 9 N–H and O–H groups in total. The second-order valence-electron chi connectivity index (χ2n) is 29.7. The molecule has 4 aromatic rings. The van der Waals surface area contributed by atoms with Gasteiger partial charge in [-0.05, 0) is 291 Å². The second kappa shape index (κ2) is 21.3. The van der Waals surface area contributed by atoms with E-state index < -0.39 is 30.5 Å². The number of rotatable bonds is 0. The molecule has 4 aromatic carbocycles. The Morgan fingerprint density at radius 1 is 0.393 bits per heavy atom. The summed E-state index contributed by atoms with van der Waals surface area (Å²) in [5, 5.41) is 89.6. The number of carbonyl (C=O) groups is 3. The van der Waals surface area contributed by atoms with Crippen LogP contribution in [0.3, 0.4) is 0 Å². The molecular formula is C72H90O12. The van der Waals surface area contributed by atoms with Crippen molar-refractivity contribution >= 4 is 17.3 Å². The van der Waals surface area contributed by atoms with Crippen LogP contribution < -0.4 is 0 Å². The van der Waals surface area contributed by atoms with Gasteiger partial charge in [0.1, 0.15) is 41.3 Å². The maximum absolute atomic E-state index is 12.3. The van der Waals surface area contributed by atoms with E-state index in [9.17, 15) is 60.3 Å². The normalized spacial score (nSPS) is 42.2. The largest absolute Gasteiger partial charge is 0.508 e. The maximum atomic E-state index is 12.3. The van der Waals surface area contributed by atoms with Crippen LogP contribution in [0.25, 0.3) is 0 Å². The van der Waals surface area contributed by atoms with E-state index in [0.29, 0.717) is 113 Å². The number of aromatic hydroxyl groups is 4. The Hall–Kier alpha value is -5.11. The third-order valence-electron chi connectivity index (χ3n) is 26.1. The topological polar surface area (TPSA) is 233 Å². The first-order valence-electron chi connectivity index (χ1n) is 32.3. The molecular weight excluding hydrogens is 1060 g/mol. The zero-order chi connectivity index (χ0) is 59.1. The minimum Gasteiger partial charge on any atom is -0.508 e. The van der Waals surface area contributed by atoms with E-state index in [1.807, 2.05) is 24.3 Å². The number of carbonyl (C=O) groups excluding carboxylic acids is 3. The Labute approximate surface area is 495 Å². The highest BCUT2D eigenvalue weighted by atomic mass is 16.3. The van der Waals surface area contributed by atoms with Crippen molar-refractivity contribution in [1.82, 2.24) is 0 Å². The predicted octanol–water partition coefficient (Wildman–Crippen LogP) is 10.9. The monoisotopic (exact) mass is 1150 g/mol. The molecule has 18 unspecified atom stereocenters. The molecule has 21 atom stereocenters. The summed E-state index contributed by atoms with van der Waals surface area (Å²) >= 11 is 0. The fourth-order valence-corrected chi connectivity index (χ4v) is 21.6. The molecule has 0 saturated heterocycles. The molecule has 0 spiro atoms. The second-order valence-corrected chi connectivity index (χ2v) is 29.7. The van der Waals surface area contributed by atoms with Gasteiger partial charge in [0.2, 0.25) is 0 Å². The number of aliphatic hydroxyl groups is 5. The summed E-state index contributed by atoms with van der Waals surface area (Å²) in [5.74, 6) is 7.04. The molecule has 8 saturated carbocycles. The molecule has 16 rings (SSSR count). The average Bonchev–Trinajstić information content (AvgIpc) is 2.41. The third-order valence-corrected chi connectivity index (χ3v) is 26.1. The van der Waals surface area contributed by atoms with E-state index in [1.54, 1.807) is 24.3 Å². The van der Waals surface area contributed by atoms with Crippen LogP contribution in [0, 0.1) is 69.0 Å². The van der Waals surface area contributed by atoms with Gasteiger partial charge < -0.3 is 46.0 Å². The first-order valence-corrected chi connectivity index (χ1v) is 32.3. The Morgan fingerprint density at radius 2 is 0.726 bits per heavy atom. The van der Waals surface area contributed by atoms with E-state index in [0.717, 1.165) is 109 Å². The Bertz CT molecular complexity index is 3050. The van der Waals surface area contributed by atoms with Crippen LogP contribution in [0.15, 0.2) is 72.8 Å². The van der Waals surface area contributed by atoms with E-state index in [4.69, 9.17) is 0 Å². The highest BCUT2D eigenvalue weighted by Crippen LogP contribution is 2.64. The van der Waals surface area contributed by atoms with Crippen molar-refractivity contribution in [3.63, 3.8) is 0 Å². The average molecular weight is 1150 g/mol. The molecule has 12 aliphatic carbocycles. The van der Waals surface area contributed by atoms with Gasteiger partial charge in [0.25, 0.3) is 0 Å². The van der Waals surface area contributed by atoms with Gasteiger partial charge in [-0.15, -0.1) is 0 Å². The number of aryl methyl sites for hydroxylation is 4. The zero-order valence-corrected chi connectivity index (χ0v) is 49.6. The van der Waals surface area contributed by atoms with Gasteiger partial charge in [-0.3, -0.25) is 14.4 Å². The summed E-state index contributed by atoms with van der Waals surface area (Å²) in [6, 6.07) is 23.0. The molecule has 12 heteroatoms. The number of hydrogen-bond donors (Lipinski definition) is 9. The lowest BCUT2D eigenvalue weighted by molar-refractivity contribution is -0.135. The lowest BCUT2D eigenvalue weighted by Gasteiger charge is -2.49. The quantitative estimate of drug-likeness (QED) is 0.0800. The smallest absolute Gasteiger partial charge is 0.167 e. The SMILES string of the molecule is CC12CCC3c4ccc(O)cc4CCC3C1CC(=O)C2O.CC12CCC3c4ccc(O)cc4CCC3C1C[C@@H](O)C2=O.CC12CCC3c4ccc(O)cc4CCC3C1C[C@@H](O)C2O.CC12CCC3c4ccc(O)cc4CCC3C1C[C@H](O)C2=O. The maximum Gasteiger partial charge on any atom is 0.167 e. The van der Waals surface area contributed by atoms with Gasteiger partial charge in [-0.25, -0.2) is 0 Å². The summed E-state index contributed by atoms with van der Waals surface area (Å²) in [7, 11) is 0. The van der Waals surface area contributed by atoms with E-state index in [1.165, 1.54) is 44.5 Å². The molecule has 0 heterocycles. The van der Waals surface area contributed by atoms with Gasteiger partial charge in [0.05, 0.1) is 12.2 Å². The van der Waals surface area contributed by atoms with Crippen LogP contribution in [0.5, 0.6) is 23.0 Å². The lowest BCUT2D eigenvalue weighted by atomic mass is 9.55. The zero-order valence-electron chi connectivity index (χ0n) is 49.6. The van der Waals surface area contributed by atoms with Gasteiger partial charge >= 0.3 is 0 Å². The first-order chi connectivity index (χ1) is 40.0. The van der Waals surface area contributed by atoms with Crippen LogP contribution in [0.1, 0.15) is 199 Å². The van der Waals surface area contributed by atoms with Gasteiger partial charge in [0.15, 0.2) is 17.3 Å². The van der Waals surface area contributed by atoms with Crippen molar-refractivity contribution in [2.75, 3.05) is 0 Å². The van der Waals surface area contributed by atoms with Crippen molar-refractivity contribution in [3.05, 3.63) is 117 Å². The fraction of sp³-hybridized carbons (Fsp3) is 0.625. The number of hydrogen-bond acceptors (Lipinski definition) is 12. The summed E-state index contributed by atoms with van der Waals surface area (Å²) in [5.41, 5.74) is 9.62. The van der Waals surface area contributed by atoms with Crippen molar-refractivity contribution in [1.29, 1.82) is 0 Å². The number of Topliss-reactive ketones (excluding diaryl/α,β-unsaturated/α-hetero) is 3. The van der Waals surface area contributed by atoms with E-state index in [2.05, 4.69) is 52.0 Å². The van der Waals surface area contributed by atoms with Crippen molar-refractivity contribution in [2.24, 2.45) is 69.0 Å². The van der Waals surface area contributed by atoms with E-state index in [-0.39, 0.29) is 39.0 Å². The van der Waals surface area contributed by atoms with Gasteiger partial charge in [0, 0.05) is 22.7 Å². The number of ketones is 3. The summed E-state index contributed by atoms with van der Waals surface area (Å²) in [6.45, 7) is 8.41. The lowest BCUT2D eigenvalue weighted by Crippen LogP contribution is -2.44. The standard InChI is InChI=1S/C18H24O3.3C18H22O3/c4*1-18-7-6-13-12-5-3-11(19)8-10(12)2-4-14(13)15(18)9-16(20)17(18)21/h3,5,8,13-17,19-21H,2,4,6-7,9H2,1H3;3,5,8,13-15,17,19,21H,2,4,6-7,9H2,1H3;2*3,5,8,13-16,19-20H,2,4,6-7,9H2,1H3/t13?,14?,15?,16-,17?,18?;;2*13?,14?,15?,16-,18?/m1.10/s1. The third kappa shape index (κ3) is 9.24. The molecule has 0 amide bonds. The molecule has 0 aromatic heterocycles. The van der Waals surface area contributed by atoms with Crippen LogP contribution in [-0.2, 0) is 40.1 Å². The summed E-state index contributed by atoms with van der Waals surface area (Å²) in [6.07, 6.45) is 15.3. The number of phenols is 4. The minimum absolute atomic E-state index is 0.0413. The Morgan fingerprint density at radius 3 is 1.11 bits per heavy atom. The fourth-order valence-electron chi connectivity index (χ4n) is 21.6. The molecule has 12 aliphatic rings. The van der Waals surface area contributed by atoms with Crippen LogP contribution in [-0.4, -0.2) is 93.8 Å².